The van der Waals surface area contributed by atoms with Crippen molar-refractivity contribution in [3.8, 4) is 5.75 Å². The molecule has 2 rings (SSSR count). The first-order valence-corrected chi connectivity index (χ1v) is 4.78. The summed E-state index contributed by atoms with van der Waals surface area (Å²) in [6.45, 7) is 0. The van der Waals surface area contributed by atoms with Crippen LogP contribution in [0.5, 0.6) is 5.75 Å². The fourth-order valence-electron chi connectivity index (χ4n) is 1.16. The zero-order chi connectivity index (χ0) is 9.42. The standard InChI is InChI=1S/C9H5BrClNO/c10-7-1-2-8(13)5-3-9(11)12-4-6(5)7/h1-4,13H. The second-order valence-electron chi connectivity index (χ2n) is 2.62. The molecular formula is C9H5BrClNO. The number of phenols is 1. The van der Waals surface area contributed by atoms with Crippen LogP contribution < -0.4 is 0 Å². The number of nitrogens with zero attached hydrogens (tertiary/aromatic N) is 1. The van der Waals surface area contributed by atoms with E-state index >= 15 is 0 Å². The van der Waals surface area contributed by atoms with Crippen molar-refractivity contribution < 1.29 is 5.11 Å². The Balaban J connectivity index is 2.92. The summed E-state index contributed by atoms with van der Waals surface area (Å²) >= 11 is 9.07. The molecule has 0 aliphatic heterocycles. The topological polar surface area (TPSA) is 33.1 Å². The number of aromatic hydroxyl groups is 1. The second kappa shape index (κ2) is 3.16. The zero-order valence-corrected chi connectivity index (χ0v) is 8.80. The average molecular weight is 259 g/mol. The van der Waals surface area contributed by atoms with Gasteiger partial charge in [-0.05, 0) is 18.2 Å². The summed E-state index contributed by atoms with van der Waals surface area (Å²) in [5.41, 5.74) is 0. The van der Waals surface area contributed by atoms with E-state index in [-0.39, 0.29) is 5.75 Å². The maximum Gasteiger partial charge on any atom is 0.129 e. The lowest BCUT2D eigenvalue weighted by atomic mass is 10.2. The van der Waals surface area contributed by atoms with Gasteiger partial charge in [-0.25, -0.2) is 4.98 Å². The molecule has 2 nitrogen and oxygen atoms in total. The first-order chi connectivity index (χ1) is 6.18. The van der Waals surface area contributed by atoms with Crippen LogP contribution in [0.1, 0.15) is 0 Å². The number of fused-ring (bicyclic) bond motifs is 1. The summed E-state index contributed by atoms with van der Waals surface area (Å²) in [6, 6.07) is 5.02. The lowest BCUT2D eigenvalue weighted by molar-refractivity contribution is 0.481. The van der Waals surface area contributed by atoms with Gasteiger partial charge in [0.05, 0.1) is 0 Å². The minimum Gasteiger partial charge on any atom is -0.507 e. The summed E-state index contributed by atoms with van der Waals surface area (Å²) in [5.74, 6) is 0.211. The molecule has 4 heteroatoms. The Hall–Kier alpha value is -0.800. The molecule has 1 N–H and O–H groups in total. The Labute approximate surface area is 88.3 Å². The van der Waals surface area contributed by atoms with Gasteiger partial charge in [-0.3, -0.25) is 0 Å². The zero-order valence-electron chi connectivity index (χ0n) is 6.46. The molecule has 66 valence electrons. The molecule has 1 aromatic heterocycles. The predicted octanol–water partition coefficient (Wildman–Crippen LogP) is 3.36. The van der Waals surface area contributed by atoms with Crippen molar-refractivity contribution in [3.05, 3.63) is 34.0 Å². The number of halogens is 2. The summed E-state index contributed by atoms with van der Waals surface area (Å²) in [7, 11) is 0. The van der Waals surface area contributed by atoms with Crippen LogP contribution in [0, 0.1) is 0 Å². The lowest BCUT2D eigenvalue weighted by Crippen LogP contribution is -1.79. The number of rotatable bonds is 0. The van der Waals surface area contributed by atoms with E-state index in [2.05, 4.69) is 20.9 Å². The van der Waals surface area contributed by atoms with Crippen molar-refractivity contribution in [3.63, 3.8) is 0 Å². The van der Waals surface area contributed by atoms with Gasteiger partial charge >= 0.3 is 0 Å². The normalized spacial score (nSPS) is 10.6. The van der Waals surface area contributed by atoms with Crippen molar-refractivity contribution in [2.45, 2.75) is 0 Å². The van der Waals surface area contributed by atoms with Crippen LogP contribution in [0.25, 0.3) is 10.8 Å². The Morgan fingerprint density at radius 2 is 2.08 bits per heavy atom. The van der Waals surface area contributed by atoms with E-state index in [9.17, 15) is 5.11 Å². The van der Waals surface area contributed by atoms with Crippen molar-refractivity contribution in [2.75, 3.05) is 0 Å². The molecule has 0 saturated heterocycles. The number of aromatic nitrogens is 1. The molecule has 0 atom stereocenters. The fourth-order valence-corrected chi connectivity index (χ4v) is 1.77. The van der Waals surface area contributed by atoms with Gasteiger partial charge < -0.3 is 5.11 Å². The Kier molecular flexibility index (Phi) is 2.14. The Bertz CT molecular complexity index is 472. The molecule has 1 heterocycles. The maximum absolute atomic E-state index is 9.51. The van der Waals surface area contributed by atoms with E-state index in [4.69, 9.17) is 11.6 Å². The number of benzene rings is 1. The van der Waals surface area contributed by atoms with Crippen LogP contribution in [0.15, 0.2) is 28.9 Å². The number of hydrogen-bond donors (Lipinski definition) is 1. The number of phenolic OH excluding ortho intramolecular Hbond substituents is 1. The predicted molar refractivity (Wildman–Crippen MR) is 56.1 cm³/mol. The van der Waals surface area contributed by atoms with Crippen LogP contribution in [-0.4, -0.2) is 10.1 Å². The molecule has 0 unspecified atom stereocenters. The highest BCUT2D eigenvalue weighted by molar-refractivity contribution is 9.10. The van der Waals surface area contributed by atoms with Gasteiger partial charge in [0, 0.05) is 21.4 Å². The average Bonchev–Trinajstić information content (AvgIpc) is 2.12. The van der Waals surface area contributed by atoms with E-state index in [1.54, 1.807) is 24.4 Å². The summed E-state index contributed by atoms with van der Waals surface area (Å²) < 4.78 is 0.893. The van der Waals surface area contributed by atoms with Gasteiger partial charge in [0.25, 0.3) is 0 Å². The van der Waals surface area contributed by atoms with Crippen molar-refractivity contribution in [1.29, 1.82) is 0 Å². The Morgan fingerprint density at radius 1 is 1.31 bits per heavy atom. The van der Waals surface area contributed by atoms with E-state index in [1.165, 1.54) is 0 Å². The second-order valence-corrected chi connectivity index (χ2v) is 3.86. The van der Waals surface area contributed by atoms with Gasteiger partial charge in [-0.15, -0.1) is 0 Å². The molecule has 2 aromatic rings. The van der Waals surface area contributed by atoms with Crippen LogP contribution in [0.4, 0.5) is 0 Å². The van der Waals surface area contributed by atoms with Crippen LogP contribution in [0.3, 0.4) is 0 Å². The van der Waals surface area contributed by atoms with Crippen molar-refractivity contribution in [1.82, 2.24) is 4.98 Å². The maximum atomic E-state index is 9.51. The fraction of sp³-hybridized carbons (Fsp3) is 0. The molecular weight excluding hydrogens is 253 g/mol. The highest BCUT2D eigenvalue weighted by Gasteiger charge is 2.04. The monoisotopic (exact) mass is 257 g/mol. The lowest BCUT2D eigenvalue weighted by Gasteiger charge is -2.02. The Morgan fingerprint density at radius 3 is 2.85 bits per heavy atom. The van der Waals surface area contributed by atoms with Gasteiger partial charge in [-0.1, -0.05) is 27.5 Å². The minimum atomic E-state index is 0.211. The van der Waals surface area contributed by atoms with Gasteiger partial charge in [0.2, 0.25) is 0 Å². The molecule has 0 aliphatic carbocycles. The van der Waals surface area contributed by atoms with Crippen LogP contribution in [-0.2, 0) is 0 Å². The van der Waals surface area contributed by atoms with E-state index in [0.717, 1.165) is 9.86 Å². The minimum absolute atomic E-state index is 0.211. The summed E-state index contributed by atoms with van der Waals surface area (Å²) in [6.07, 6.45) is 1.63. The molecule has 0 bridgehead atoms. The SMILES string of the molecule is Oc1ccc(Br)c2cnc(Cl)cc12. The van der Waals surface area contributed by atoms with E-state index in [1.807, 2.05) is 0 Å². The summed E-state index contributed by atoms with van der Waals surface area (Å²) in [5, 5.41) is 11.4. The third kappa shape index (κ3) is 1.49. The summed E-state index contributed by atoms with van der Waals surface area (Å²) in [4.78, 5) is 3.93. The van der Waals surface area contributed by atoms with Crippen molar-refractivity contribution >= 4 is 38.3 Å². The van der Waals surface area contributed by atoms with E-state index in [0.29, 0.717) is 10.5 Å². The van der Waals surface area contributed by atoms with Gasteiger partial charge in [0.15, 0.2) is 0 Å². The van der Waals surface area contributed by atoms with Gasteiger partial charge in [0.1, 0.15) is 10.9 Å². The molecule has 1 aromatic carbocycles. The molecule has 13 heavy (non-hydrogen) atoms. The molecule has 0 amide bonds. The first-order valence-electron chi connectivity index (χ1n) is 3.61. The highest BCUT2D eigenvalue weighted by atomic mass is 79.9. The third-order valence-corrected chi connectivity index (χ3v) is 2.69. The van der Waals surface area contributed by atoms with E-state index < -0.39 is 0 Å². The van der Waals surface area contributed by atoms with Crippen molar-refractivity contribution in [2.24, 2.45) is 0 Å². The largest absolute Gasteiger partial charge is 0.507 e. The molecule has 0 aliphatic rings. The molecule has 0 saturated carbocycles. The van der Waals surface area contributed by atoms with Crippen LogP contribution in [0.2, 0.25) is 5.15 Å². The van der Waals surface area contributed by atoms with Gasteiger partial charge in [-0.2, -0.15) is 0 Å². The smallest absolute Gasteiger partial charge is 0.129 e. The first kappa shape index (κ1) is 8.78. The quantitative estimate of drug-likeness (QED) is 0.735. The third-order valence-electron chi connectivity index (χ3n) is 1.79. The highest BCUT2D eigenvalue weighted by Crippen LogP contribution is 2.31. The molecule has 0 fully saturated rings. The number of pyridine rings is 1. The number of hydrogen-bond acceptors (Lipinski definition) is 2. The van der Waals surface area contributed by atoms with Crippen LogP contribution >= 0.6 is 27.5 Å². The molecule has 0 spiro atoms. The molecule has 0 radical (unpaired) electrons.